The van der Waals surface area contributed by atoms with Crippen LogP contribution in [-0.2, 0) is 9.59 Å². The molecule has 4 aliphatic rings. The zero-order valence-corrected chi connectivity index (χ0v) is 24.6. The Morgan fingerprint density at radius 3 is 2.09 bits per heavy atom. The van der Waals surface area contributed by atoms with Crippen LogP contribution in [-0.4, -0.2) is 12.1 Å². The van der Waals surface area contributed by atoms with Crippen LogP contribution in [0.15, 0.2) is 12.2 Å². The Balaban J connectivity index is 0.00000108. The topological polar surface area (TPSA) is 34.1 Å². The first kappa shape index (κ1) is 28.6. The number of aldehydes is 1. The molecule has 0 amide bonds. The Hall–Kier alpha value is -0.920. The Morgan fingerprint density at radius 1 is 0.943 bits per heavy atom. The van der Waals surface area contributed by atoms with Crippen molar-refractivity contribution in [1.29, 1.82) is 0 Å². The maximum absolute atomic E-state index is 12.9. The van der Waals surface area contributed by atoms with E-state index in [4.69, 9.17) is 0 Å². The summed E-state index contributed by atoms with van der Waals surface area (Å²) >= 11 is 0. The standard InChI is InChI=1S/C30H48O2.C3H8/c1-9-21(19(2)3)26-20(18-31)12-16-29(7)22(26)10-11-24-28(6)15-14-25(32)27(4,5)23(28)13-17-30(24,29)8;1-3-2/h18,20-24,26H,2,9-17H2,1,3-8H3;3H2,1-2H3/t20?,21?,22-,23+,24-,26?,28+,29-,30-;/m1./s1. The van der Waals surface area contributed by atoms with E-state index in [0.717, 1.165) is 25.7 Å². The second-order valence-corrected chi connectivity index (χ2v) is 14.3. The monoisotopic (exact) mass is 484 g/mol. The highest BCUT2D eigenvalue weighted by atomic mass is 16.1. The largest absolute Gasteiger partial charge is 0.303 e. The molecular weight excluding hydrogens is 428 g/mol. The molecule has 4 fully saturated rings. The second kappa shape index (κ2) is 10.1. The fraction of sp³-hybridized carbons (Fsp3) is 0.879. The van der Waals surface area contributed by atoms with E-state index in [1.54, 1.807) is 0 Å². The Morgan fingerprint density at radius 2 is 1.54 bits per heavy atom. The molecule has 35 heavy (non-hydrogen) atoms. The van der Waals surface area contributed by atoms with E-state index in [2.05, 4.69) is 68.9 Å². The van der Waals surface area contributed by atoms with Crippen molar-refractivity contribution in [3.8, 4) is 0 Å². The van der Waals surface area contributed by atoms with E-state index < -0.39 is 0 Å². The zero-order chi connectivity index (χ0) is 26.4. The van der Waals surface area contributed by atoms with Gasteiger partial charge in [-0.3, -0.25) is 4.79 Å². The van der Waals surface area contributed by atoms with Gasteiger partial charge in [0.2, 0.25) is 0 Å². The maximum atomic E-state index is 12.9. The summed E-state index contributed by atoms with van der Waals surface area (Å²) in [6, 6.07) is 0. The first-order valence-corrected chi connectivity index (χ1v) is 14.9. The molecule has 0 N–H and O–H groups in total. The minimum Gasteiger partial charge on any atom is -0.303 e. The molecule has 0 heterocycles. The van der Waals surface area contributed by atoms with E-state index in [9.17, 15) is 9.59 Å². The van der Waals surface area contributed by atoms with Gasteiger partial charge in [0.05, 0.1) is 0 Å². The van der Waals surface area contributed by atoms with Gasteiger partial charge in [0, 0.05) is 17.8 Å². The molecule has 0 aliphatic heterocycles. The number of carbonyl (C=O) groups excluding carboxylic acids is 2. The van der Waals surface area contributed by atoms with Crippen LogP contribution < -0.4 is 0 Å². The number of ketones is 1. The summed E-state index contributed by atoms with van der Waals surface area (Å²) in [7, 11) is 0. The van der Waals surface area contributed by atoms with Crippen LogP contribution in [0.25, 0.3) is 0 Å². The number of fused-ring (bicyclic) bond motifs is 5. The van der Waals surface area contributed by atoms with Gasteiger partial charge >= 0.3 is 0 Å². The van der Waals surface area contributed by atoms with Crippen molar-refractivity contribution < 1.29 is 9.59 Å². The summed E-state index contributed by atoms with van der Waals surface area (Å²) in [5.74, 6) is 3.37. The molecule has 0 saturated heterocycles. The normalized spacial score (nSPS) is 45.1. The number of Topliss-reactive ketones (excluding diaryl/α,β-unsaturated/α-hetero) is 1. The molecular formula is C33H56O2. The van der Waals surface area contributed by atoms with Gasteiger partial charge < -0.3 is 4.79 Å². The lowest BCUT2D eigenvalue weighted by Gasteiger charge is -2.71. The minimum absolute atomic E-state index is 0.183. The Labute approximate surface area is 217 Å². The van der Waals surface area contributed by atoms with E-state index in [1.807, 2.05) is 0 Å². The molecule has 200 valence electrons. The molecule has 0 spiro atoms. The maximum Gasteiger partial charge on any atom is 0.138 e. The van der Waals surface area contributed by atoms with Gasteiger partial charge in [0.1, 0.15) is 12.1 Å². The van der Waals surface area contributed by atoms with Crippen LogP contribution in [0.3, 0.4) is 0 Å². The zero-order valence-electron chi connectivity index (χ0n) is 24.6. The fourth-order valence-electron chi connectivity index (χ4n) is 10.5. The van der Waals surface area contributed by atoms with Crippen LogP contribution in [0.1, 0.15) is 127 Å². The highest BCUT2D eigenvalue weighted by Gasteiger charge is 2.68. The predicted molar refractivity (Wildman–Crippen MR) is 148 cm³/mol. The molecule has 0 radical (unpaired) electrons. The highest BCUT2D eigenvalue weighted by molar-refractivity contribution is 5.85. The smallest absolute Gasteiger partial charge is 0.138 e. The molecule has 4 rings (SSSR count). The third-order valence-electron chi connectivity index (χ3n) is 12.4. The van der Waals surface area contributed by atoms with Crippen LogP contribution in [0.5, 0.6) is 0 Å². The van der Waals surface area contributed by atoms with Crippen LogP contribution in [0.2, 0.25) is 0 Å². The highest BCUT2D eigenvalue weighted by Crippen LogP contribution is 2.74. The third kappa shape index (κ3) is 4.21. The Bertz CT molecular complexity index is 810. The van der Waals surface area contributed by atoms with Gasteiger partial charge in [-0.1, -0.05) is 74.0 Å². The Kier molecular flexibility index (Phi) is 8.26. The van der Waals surface area contributed by atoms with Crippen LogP contribution in [0, 0.1) is 57.2 Å². The van der Waals surface area contributed by atoms with Gasteiger partial charge in [0.15, 0.2) is 0 Å². The van der Waals surface area contributed by atoms with Gasteiger partial charge in [-0.25, -0.2) is 0 Å². The van der Waals surface area contributed by atoms with Crippen molar-refractivity contribution in [1.82, 2.24) is 0 Å². The van der Waals surface area contributed by atoms with Gasteiger partial charge in [-0.05, 0) is 104 Å². The van der Waals surface area contributed by atoms with Gasteiger partial charge in [-0.15, -0.1) is 0 Å². The molecule has 0 bridgehead atoms. The summed E-state index contributed by atoms with van der Waals surface area (Å²) in [5.41, 5.74) is 1.90. The predicted octanol–water partition coefficient (Wildman–Crippen LogP) is 9.07. The number of carbonyl (C=O) groups is 2. The molecule has 3 unspecified atom stereocenters. The van der Waals surface area contributed by atoms with Crippen molar-refractivity contribution in [2.75, 3.05) is 0 Å². The molecule has 2 nitrogen and oxygen atoms in total. The number of rotatable bonds is 4. The van der Waals surface area contributed by atoms with Crippen molar-refractivity contribution in [3.63, 3.8) is 0 Å². The SMILES string of the molecule is C=C(C)C(CC)C1C(C=O)CC[C@]2(C)[C@@H]1CC[C@@H]1[C@@]3(C)CCC(=O)C(C)(C)[C@@H]3CC[C@]12C.CCC. The summed E-state index contributed by atoms with van der Waals surface area (Å²) in [4.78, 5) is 25.1. The van der Waals surface area contributed by atoms with Crippen LogP contribution >= 0.6 is 0 Å². The summed E-state index contributed by atoms with van der Waals surface area (Å²) in [6.07, 6.45) is 12.6. The van der Waals surface area contributed by atoms with Crippen molar-refractivity contribution in [2.45, 2.75) is 127 Å². The molecule has 0 aromatic rings. The summed E-state index contributed by atoms with van der Waals surface area (Å²) in [5, 5.41) is 0. The third-order valence-corrected chi connectivity index (χ3v) is 12.4. The average Bonchev–Trinajstić information content (AvgIpc) is 2.78. The average molecular weight is 485 g/mol. The minimum atomic E-state index is -0.183. The molecule has 9 atom stereocenters. The van der Waals surface area contributed by atoms with Crippen molar-refractivity contribution >= 4 is 12.1 Å². The molecule has 0 aromatic carbocycles. The number of allylic oxidation sites excluding steroid dienone is 1. The quantitative estimate of drug-likeness (QED) is 0.294. The summed E-state index contributed by atoms with van der Waals surface area (Å²) in [6.45, 7) is 25.3. The molecule has 0 aromatic heterocycles. The van der Waals surface area contributed by atoms with Crippen molar-refractivity contribution in [2.24, 2.45) is 57.2 Å². The van der Waals surface area contributed by atoms with Crippen molar-refractivity contribution in [3.05, 3.63) is 12.2 Å². The first-order valence-electron chi connectivity index (χ1n) is 14.9. The number of hydrogen-bond donors (Lipinski definition) is 0. The van der Waals surface area contributed by atoms with E-state index >= 15 is 0 Å². The molecule has 4 saturated carbocycles. The van der Waals surface area contributed by atoms with E-state index in [1.165, 1.54) is 50.4 Å². The van der Waals surface area contributed by atoms with Crippen LogP contribution in [0.4, 0.5) is 0 Å². The lowest BCUT2D eigenvalue weighted by atomic mass is 9.33. The molecule has 4 aliphatic carbocycles. The van der Waals surface area contributed by atoms with E-state index in [-0.39, 0.29) is 27.6 Å². The first-order chi connectivity index (χ1) is 16.3. The second-order valence-electron chi connectivity index (χ2n) is 14.3. The van der Waals surface area contributed by atoms with Gasteiger partial charge in [-0.2, -0.15) is 0 Å². The molecule has 2 heteroatoms. The fourth-order valence-corrected chi connectivity index (χ4v) is 10.5. The van der Waals surface area contributed by atoms with Gasteiger partial charge in [0.25, 0.3) is 0 Å². The lowest BCUT2D eigenvalue weighted by molar-refractivity contribution is -0.227. The van der Waals surface area contributed by atoms with E-state index in [0.29, 0.717) is 35.4 Å². The lowest BCUT2D eigenvalue weighted by Crippen LogP contribution is -2.65. The number of hydrogen-bond acceptors (Lipinski definition) is 2. The summed E-state index contributed by atoms with van der Waals surface area (Å²) < 4.78 is 0.